The second-order valence-corrected chi connectivity index (χ2v) is 9.52. The molecule has 1 N–H and O–H groups in total. The van der Waals surface area contributed by atoms with Gasteiger partial charge < -0.3 is 19.9 Å². The number of halogens is 1. The summed E-state index contributed by atoms with van der Waals surface area (Å²) in [6, 6.07) is 28.7. The number of anilines is 4. The Morgan fingerprint density at radius 3 is 2.19 bits per heavy atom. The fraction of sp³-hybridized carbons (Fsp3) is 0.241. The first kappa shape index (κ1) is 23.9. The summed E-state index contributed by atoms with van der Waals surface area (Å²) in [7, 11) is 1.66. The highest BCUT2D eigenvalue weighted by atomic mass is 35.5. The van der Waals surface area contributed by atoms with Gasteiger partial charge in [0.2, 0.25) is 0 Å². The monoisotopic (exact) mass is 499 g/mol. The van der Waals surface area contributed by atoms with Crippen LogP contribution < -0.4 is 19.9 Å². The van der Waals surface area contributed by atoms with Gasteiger partial charge in [0.25, 0.3) is 0 Å². The molecule has 2 atom stereocenters. The van der Waals surface area contributed by atoms with Gasteiger partial charge in [-0.2, -0.15) is 0 Å². The molecule has 5 rings (SSSR count). The minimum Gasteiger partial charge on any atom is -0.497 e. The van der Waals surface area contributed by atoms with Crippen LogP contribution >= 0.6 is 11.6 Å². The van der Waals surface area contributed by atoms with Gasteiger partial charge >= 0.3 is 0 Å². The van der Waals surface area contributed by atoms with E-state index in [9.17, 15) is 0 Å². The van der Waals surface area contributed by atoms with Crippen molar-refractivity contribution < 1.29 is 4.74 Å². The van der Waals surface area contributed by atoms with Gasteiger partial charge in [0, 0.05) is 48.2 Å². The summed E-state index contributed by atoms with van der Waals surface area (Å²) >= 11 is 6.54. The second kappa shape index (κ2) is 10.5. The van der Waals surface area contributed by atoms with E-state index in [2.05, 4.69) is 59.3 Å². The van der Waals surface area contributed by atoms with Crippen molar-refractivity contribution in [3.05, 3.63) is 90.0 Å². The van der Waals surface area contributed by atoms with Gasteiger partial charge in [0.15, 0.2) is 5.82 Å². The Morgan fingerprint density at radius 1 is 0.861 bits per heavy atom. The lowest BCUT2D eigenvalue weighted by Gasteiger charge is -2.46. The molecule has 36 heavy (non-hydrogen) atoms. The maximum atomic E-state index is 6.54. The van der Waals surface area contributed by atoms with Crippen LogP contribution in [0.15, 0.2) is 84.9 Å². The van der Waals surface area contributed by atoms with Crippen LogP contribution in [0.2, 0.25) is 5.02 Å². The molecule has 2 heterocycles. The van der Waals surface area contributed by atoms with Crippen molar-refractivity contribution >= 4 is 34.6 Å². The van der Waals surface area contributed by atoms with Crippen molar-refractivity contribution in [3.8, 4) is 17.1 Å². The van der Waals surface area contributed by atoms with E-state index in [-0.39, 0.29) is 0 Å². The smallest absolute Gasteiger partial charge is 0.165 e. The van der Waals surface area contributed by atoms with Gasteiger partial charge in [-0.3, -0.25) is 0 Å². The molecule has 7 heteroatoms. The van der Waals surface area contributed by atoms with Crippen LogP contribution in [0.3, 0.4) is 0 Å². The molecule has 184 valence electrons. The Hall–Kier alpha value is -3.77. The zero-order chi connectivity index (χ0) is 25.1. The maximum absolute atomic E-state index is 6.54. The number of piperazine rings is 1. The number of methoxy groups -OCH3 is 1. The van der Waals surface area contributed by atoms with Crippen molar-refractivity contribution in [2.24, 2.45) is 0 Å². The normalized spacial score (nSPS) is 17.7. The van der Waals surface area contributed by atoms with Crippen molar-refractivity contribution in [1.82, 2.24) is 9.97 Å². The summed E-state index contributed by atoms with van der Waals surface area (Å²) in [4.78, 5) is 14.6. The quantitative estimate of drug-likeness (QED) is 0.320. The number of hydrogen-bond acceptors (Lipinski definition) is 6. The summed E-state index contributed by atoms with van der Waals surface area (Å²) < 4.78 is 5.29. The molecular formula is C29H30ClN5O. The van der Waals surface area contributed by atoms with E-state index in [1.54, 1.807) is 7.11 Å². The lowest BCUT2D eigenvalue weighted by molar-refractivity contribution is 0.415. The molecule has 0 aliphatic carbocycles. The van der Waals surface area contributed by atoms with Crippen LogP contribution in [0.4, 0.5) is 23.0 Å². The van der Waals surface area contributed by atoms with Gasteiger partial charge in [-0.05, 0) is 62.4 Å². The molecule has 0 spiro atoms. The van der Waals surface area contributed by atoms with Gasteiger partial charge in [0.1, 0.15) is 17.4 Å². The molecular weight excluding hydrogens is 470 g/mol. The highest BCUT2D eigenvalue weighted by molar-refractivity contribution is 6.33. The molecule has 6 nitrogen and oxygen atoms in total. The first-order chi connectivity index (χ1) is 17.5. The van der Waals surface area contributed by atoms with Crippen LogP contribution in [-0.2, 0) is 0 Å². The van der Waals surface area contributed by atoms with E-state index in [0.29, 0.717) is 28.7 Å². The number of benzene rings is 3. The van der Waals surface area contributed by atoms with Gasteiger partial charge in [-0.25, -0.2) is 9.97 Å². The third-order valence-electron chi connectivity index (χ3n) is 6.49. The molecule has 3 aromatic carbocycles. The van der Waals surface area contributed by atoms with Crippen molar-refractivity contribution in [1.29, 1.82) is 0 Å². The van der Waals surface area contributed by atoms with E-state index in [0.717, 1.165) is 35.9 Å². The van der Waals surface area contributed by atoms with E-state index in [4.69, 9.17) is 26.3 Å². The molecule has 1 aromatic heterocycles. The molecule has 1 fully saturated rings. The predicted octanol–water partition coefficient (Wildman–Crippen LogP) is 6.65. The summed E-state index contributed by atoms with van der Waals surface area (Å²) in [5, 5.41) is 4.06. The summed E-state index contributed by atoms with van der Waals surface area (Å²) in [6.07, 6.45) is 0. The number of ether oxygens (including phenoxy) is 1. The van der Waals surface area contributed by atoms with Crippen LogP contribution in [0.25, 0.3) is 11.4 Å². The molecule has 0 radical (unpaired) electrons. The number of nitrogens with one attached hydrogen (secondary N) is 1. The molecule has 0 saturated carbocycles. The summed E-state index contributed by atoms with van der Waals surface area (Å²) in [6.45, 7) is 6.23. The fourth-order valence-electron chi connectivity index (χ4n) is 4.86. The number of hydrogen-bond donors (Lipinski definition) is 1. The zero-order valence-corrected chi connectivity index (χ0v) is 21.5. The third kappa shape index (κ3) is 5.09. The Labute approximate surface area is 217 Å². The Bertz CT molecular complexity index is 1300. The molecule has 4 aromatic rings. The number of aromatic nitrogens is 2. The standard InChI is InChI=1S/C29H30ClN5O/c1-20-18-34(19-21(2)35(20)23-9-5-4-6-10-23)28-17-27(31-22-13-15-24(36-3)16-14-22)32-29(33-28)25-11-7-8-12-26(25)30/h4-17,20-21H,18-19H2,1-3H3,(H,31,32,33). The van der Waals surface area contributed by atoms with Crippen molar-refractivity contribution in [2.75, 3.05) is 35.3 Å². The maximum Gasteiger partial charge on any atom is 0.165 e. The van der Waals surface area contributed by atoms with Crippen LogP contribution in [0.1, 0.15) is 13.8 Å². The van der Waals surface area contributed by atoms with E-state index in [1.165, 1.54) is 5.69 Å². The van der Waals surface area contributed by atoms with E-state index in [1.807, 2.05) is 54.6 Å². The molecule has 1 aliphatic heterocycles. The molecule has 2 unspecified atom stereocenters. The number of para-hydroxylation sites is 1. The van der Waals surface area contributed by atoms with E-state index < -0.39 is 0 Å². The highest BCUT2D eigenvalue weighted by Crippen LogP contribution is 2.32. The van der Waals surface area contributed by atoms with Crippen molar-refractivity contribution in [3.63, 3.8) is 0 Å². The molecule has 1 saturated heterocycles. The zero-order valence-electron chi connectivity index (χ0n) is 20.7. The Balaban J connectivity index is 1.48. The van der Waals surface area contributed by atoms with Crippen LogP contribution in [0, 0.1) is 0 Å². The highest BCUT2D eigenvalue weighted by Gasteiger charge is 2.30. The molecule has 1 aliphatic rings. The topological polar surface area (TPSA) is 53.5 Å². The van der Waals surface area contributed by atoms with E-state index >= 15 is 0 Å². The predicted molar refractivity (Wildman–Crippen MR) is 149 cm³/mol. The first-order valence-electron chi connectivity index (χ1n) is 12.1. The molecule has 0 bridgehead atoms. The second-order valence-electron chi connectivity index (χ2n) is 9.11. The number of rotatable bonds is 6. The fourth-order valence-corrected chi connectivity index (χ4v) is 5.08. The minimum atomic E-state index is 0.313. The number of nitrogens with zero attached hydrogens (tertiary/aromatic N) is 4. The van der Waals surface area contributed by atoms with Gasteiger partial charge in [-0.1, -0.05) is 41.9 Å². The first-order valence-corrected chi connectivity index (χ1v) is 12.5. The van der Waals surface area contributed by atoms with Crippen LogP contribution in [-0.4, -0.2) is 42.3 Å². The average Bonchev–Trinajstić information content (AvgIpc) is 2.89. The van der Waals surface area contributed by atoms with Crippen molar-refractivity contribution in [2.45, 2.75) is 25.9 Å². The average molecular weight is 500 g/mol. The minimum absolute atomic E-state index is 0.313. The largest absolute Gasteiger partial charge is 0.497 e. The third-order valence-corrected chi connectivity index (χ3v) is 6.82. The van der Waals surface area contributed by atoms with Gasteiger partial charge in [-0.15, -0.1) is 0 Å². The Morgan fingerprint density at radius 2 is 1.53 bits per heavy atom. The SMILES string of the molecule is COc1ccc(Nc2cc(N3CC(C)N(c4ccccc4)C(C)C3)nc(-c3ccccc3Cl)n2)cc1. The Kier molecular flexibility index (Phi) is 6.96. The van der Waals surface area contributed by atoms with Gasteiger partial charge in [0.05, 0.1) is 12.1 Å². The lowest BCUT2D eigenvalue weighted by Crippen LogP contribution is -2.57. The molecule has 0 amide bonds. The van der Waals surface area contributed by atoms with Crippen LogP contribution in [0.5, 0.6) is 5.75 Å². The summed E-state index contributed by atoms with van der Waals surface area (Å²) in [5.74, 6) is 2.99. The summed E-state index contributed by atoms with van der Waals surface area (Å²) in [5.41, 5.74) is 2.97. The lowest BCUT2D eigenvalue weighted by atomic mass is 10.1.